The van der Waals surface area contributed by atoms with Crippen molar-refractivity contribution in [2.24, 2.45) is 0 Å². The van der Waals surface area contributed by atoms with Gasteiger partial charge in [0, 0.05) is 25.6 Å². The van der Waals surface area contributed by atoms with E-state index in [2.05, 4.69) is 36.1 Å². The van der Waals surface area contributed by atoms with Crippen molar-refractivity contribution in [3.05, 3.63) is 106 Å². The lowest BCUT2D eigenvalue weighted by Crippen LogP contribution is -2.43. The highest BCUT2D eigenvalue weighted by Crippen LogP contribution is 2.38. The Morgan fingerprint density at radius 3 is 2.26 bits per heavy atom. The number of aryl methyl sites for hydroxylation is 1. The molecule has 3 aromatic carbocycles. The monoisotopic (exact) mass is 439 g/mol. The van der Waals surface area contributed by atoms with Gasteiger partial charge in [-0.15, -0.1) is 12.4 Å². The molecular formula is C27H31ClFNO. The molecule has 4 rings (SSSR count). The minimum absolute atomic E-state index is 0. The number of piperidine rings is 1. The summed E-state index contributed by atoms with van der Waals surface area (Å²) in [6, 6.07) is 24.2. The van der Waals surface area contributed by atoms with Crippen molar-refractivity contribution < 1.29 is 9.50 Å². The van der Waals surface area contributed by atoms with Crippen LogP contribution in [0.1, 0.15) is 53.6 Å². The van der Waals surface area contributed by atoms with Gasteiger partial charge in [0.05, 0.1) is 5.60 Å². The van der Waals surface area contributed by atoms with E-state index in [9.17, 15) is 9.50 Å². The van der Waals surface area contributed by atoms with E-state index in [0.717, 1.165) is 29.8 Å². The first kappa shape index (κ1) is 23.5. The van der Waals surface area contributed by atoms with E-state index in [1.165, 1.54) is 5.56 Å². The first-order chi connectivity index (χ1) is 14.5. The molecule has 0 radical (unpaired) electrons. The molecule has 1 saturated heterocycles. The molecule has 1 unspecified atom stereocenters. The van der Waals surface area contributed by atoms with Crippen LogP contribution in [0.5, 0.6) is 0 Å². The van der Waals surface area contributed by atoms with E-state index in [4.69, 9.17) is 0 Å². The van der Waals surface area contributed by atoms with Gasteiger partial charge in [0.2, 0.25) is 0 Å². The van der Waals surface area contributed by atoms with Gasteiger partial charge >= 0.3 is 0 Å². The van der Waals surface area contributed by atoms with Crippen molar-refractivity contribution in [3.63, 3.8) is 0 Å². The smallest absolute Gasteiger partial charge is 0.126 e. The number of nitrogens with zero attached hydrogens (tertiary/aromatic N) is 1. The molecule has 0 saturated carbocycles. The minimum atomic E-state index is -0.870. The van der Waals surface area contributed by atoms with Crippen LogP contribution in [0.15, 0.2) is 72.8 Å². The van der Waals surface area contributed by atoms with Crippen LogP contribution in [0.3, 0.4) is 0 Å². The summed E-state index contributed by atoms with van der Waals surface area (Å²) in [5.41, 5.74) is 3.97. The third kappa shape index (κ3) is 5.17. The van der Waals surface area contributed by atoms with E-state index in [1.807, 2.05) is 49.4 Å². The highest BCUT2D eigenvalue weighted by molar-refractivity contribution is 5.85. The van der Waals surface area contributed by atoms with E-state index < -0.39 is 5.60 Å². The van der Waals surface area contributed by atoms with Crippen molar-refractivity contribution in [2.75, 3.05) is 13.1 Å². The third-order valence-corrected chi connectivity index (χ3v) is 6.56. The average Bonchev–Trinajstić information content (AvgIpc) is 2.77. The van der Waals surface area contributed by atoms with E-state index >= 15 is 0 Å². The Hall–Kier alpha value is -2.20. The molecule has 1 N–H and O–H groups in total. The van der Waals surface area contributed by atoms with Gasteiger partial charge in [0.1, 0.15) is 5.82 Å². The van der Waals surface area contributed by atoms with E-state index in [-0.39, 0.29) is 18.2 Å². The topological polar surface area (TPSA) is 23.5 Å². The summed E-state index contributed by atoms with van der Waals surface area (Å²) in [7, 11) is 0. The summed E-state index contributed by atoms with van der Waals surface area (Å²) in [4.78, 5) is 2.44. The number of likely N-dealkylation sites (tertiary alicyclic amines) is 1. The second kappa shape index (κ2) is 9.95. The Balaban J connectivity index is 0.00000272. The van der Waals surface area contributed by atoms with Crippen LogP contribution in [0.2, 0.25) is 0 Å². The van der Waals surface area contributed by atoms with E-state index in [0.29, 0.717) is 30.9 Å². The largest absolute Gasteiger partial charge is 0.385 e. The molecule has 1 aliphatic rings. The molecule has 0 bridgehead atoms. The summed E-state index contributed by atoms with van der Waals surface area (Å²) in [6.07, 6.45) is 1.85. The molecule has 1 atom stereocenters. The first-order valence-corrected chi connectivity index (χ1v) is 10.8. The molecule has 0 spiro atoms. The third-order valence-electron chi connectivity index (χ3n) is 6.56. The van der Waals surface area contributed by atoms with Crippen molar-refractivity contribution >= 4 is 12.4 Å². The van der Waals surface area contributed by atoms with Crippen molar-refractivity contribution in [3.8, 4) is 0 Å². The van der Waals surface area contributed by atoms with Crippen molar-refractivity contribution in [1.29, 1.82) is 0 Å². The van der Waals surface area contributed by atoms with Gasteiger partial charge in [-0.1, -0.05) is 66.7 Å². The lowest BCUT2D eigenvalue weighted by molar-refractivity contribution is -0.0349. The zero-order valence-electron chi connectivity index (χ0n) is 18.2. The van der Waals surface area contributed by atoms with Crippen LogP contribution in [-0.4, -0.2) is 23.1 Å². The van der Waals surface area contributed by atoms with Crippen LogP contribution in [0.25, 0.3) is 0 Å². The predicted octanol–water partition coefficient (Wildman–Crippen LogP) is 6.19. The highest BCUT2D eigenvalue weighted by atomic mass is 35.5. The van der Waals surface area contributed by atoms with Crippen LogP contribution in [0, 0.1) is 12.7 Å². The van der Waals surface area contributed by atoms with E-state index in [1.54, 1.807) is 6.07 Å². The Kier molecular flexibility index (Phi) is 7.53. The zero-order valence-corrected chi connectivity index (χ0v) is 19.0. The molecule has 1 fully saturated rings. The fourth-order valence-electron chi connectivity index (χ4n) is 4.62. The predicted molar refractivity (Wildman–Crippen MR) is 127 cm³/mol. The number of rotatable bonds is 5. The fourth-order valence-corrected chi connectivity index (χ4v) is 4.62. The molecule has 164 valence electrons. The molecule has 31 heavy (non-hydrogen) atoms. The molecule has 0 amide bonds. The van der Waals surface area contributed by atoms with Gasteiger partial charge in [-0.3, -0.25) is 4.90 Å². The molecular weight excluding hydrogens is 409 g/mol. The molecule has 0 aromatic heterocycles. The molecule has 1 aliphatic heterocycles. The summed E-state index contributed by atoms with van der Waals surface area (Å²) in [5.74, 6) is -0.178. The summed E-state index contributed by atoms with van der Waals surface area (Å²) < 4.78 is 14.4. The standard InChI is InChI=1S/C27H30FNO.ClH/c1-20-12-13-24(26(28)18-20)19-23-10-6-7-11-25(23)27(30)14-16-29(17-15-27)21(2)22-8-4-3-5-9-22;/h3-13,18,21,30H,14-17,19H2,1-2H3;1H. The SMILES string of the molecule is Cc1ccc(Cc2ccccc2C2(O)CCN(C(C)c3ccccc3)CC2)c(F)c1.Cl. The normalized spacial score (nSPS) is 17.0. The van der Waals surface area contributed by atoms with Crippen LogP contribution >= 0.6 is 12.4 Å². The van der Waals surface area contributed by atoms with Crippen LogP contribution < -0.4 is 0 Å². The molecule has 0 aliphatic carbocycles. The number of hydrogen-bond donors (Lipinski definition) is 1. The fraction of sp³-hybridized carbons (Fsp3) is 0.333. The summed E-state index contributed by atoms with van der Waals surface area (Å²) in [5, 5.41) is 11.6. The second-order valence-electron chi connectivity index (χ2n) is 8.58. The van der Waals surface area contributed by atoms with Gasteiger partial charge in [-0.05, 0) is 60.6 Å². The van der Waals surface area contributed by atoms with Crippen LogP contribution in [0.4, 0.5) is 4.39 Å². The van der Waals surface area contributed by atoms with Gasteiger partial charge in [0.15, 0.2) is 0 Å². The van der Waals surface area contributed by atoms with Crippen molar-refractivity contribution in [1.82, 2.24) is 4.90 Å². The maximum atomic E-state index is 14.4. The first-order valence-electron chi connectivity index (χ1n) is 10.8. The zero-order chi connectivity index (χ0) is 21.1. The highest BCUT2D eigenvalue weighted by Gasteiger charge is 2.36. The Bertz CT molecular complexity index is 999. The molecule has 2 nitrogen and oxygen atoms in total. The van der Waals surface area contributed by atoms with Gasteiger partial charge < -0.3 is 5.11 Å². The van der Waals surface area contributed by atoms with Crippen LogP contribution in [-0.2, 0) is 12.0 Å². The number of aliphatic hydroxyl groups is 1. The Morgan fingerprint density at radius 2 is 1.58 bits per heavy atom. The number of benzene rings is 3. The summed E-state index contributed by atoms with van der Waals surface area (Å²) >= 11 is 0. The van der Waals surface area contributed by atoms with Crippen molar-refractivity contribution in [2.45, 2.75) is 44.8 Å². The average molecular weight is 440 g/mol. The Morgan fingerprint density at radius 1 is 0.935 bits per heavy atom. The maximum Gasteiger partial charge on any atom is 0.126 e. The quantitative estimate of drug-likeness (QED) is 0.512. The Labute approximate surface area is 191 Å². The maximum absolute atomic E-state index is 14.4. The number of hydrogen-bond acceptors (Lipinski definition) is 2. The molecule has 1 heterocycles. The van der Waals surface area contributed by atoms with Gasteiger partial charge in [-0.25, -0.2) is 4.39 Å². The molecule has 4 heteroatoms. The van der Waals surface area contributed by atoms with Gasteiger partial charge in [-0.2, -0.15) is 0 Å². The lowest BCUT2D eigenvalue weighted by atomic mass is 9.80. The second-order valence-corrected chi connectivity index (χ2v) is 8.58. The molecule has 3 aromatic rings. The minimum Gasteiger partial charge on any atom is -0.385 e. The summed E-state index contributed by atoms with van der Waals surface area (Å²) in [6.45, 7) is 5.79. The lowest BCUT2D eigenvalue weighted by Gasteiger charge is -2.42. The number of halogens is 2. The van der Waals surface area contributed by atoms with Gasteiger partial charge in [0.25, 0.3) is 0 Å².